The number of carboxylic acids is 1. The number of aromatic nitrogens is 3. The fourth-order valence-electron chi connectivity index (χ4n) is 4.50. The largest absolute Gasteiger partial charge is 0.478 e. The van der Waals surface area contributed by atoms with Gasteiger partial charge in [0.25, 0.3) is 5.91 Å². The molecule has 0 saturated carbocycles. The molecule has 0 spiro atoms. The van der Waals surface area contributed by atoms with Gasteiger partial charge in [0, 0.05) is 41.6 Å². The summed E-state index contributed by atoms with van der Waals surface area (Å²) in [6, 6.07) is 21.8. The molecule has 0 fully saturated rings. The Labute approximate surface area is 259 Å². The van der Waals surface area contributed by atoms with Gasteiger partial charge in [-0.05, 0) is 42.5 Å². The minimum absolute atomic E-state index is 0.0978. The van der Waals surface area contributed by atoms with Crippen molar-refractivity contribution in [2.45, 2.75) is 26.2 Å². The number of hydrogen-bond donors (Lipinski definition) is 4. The number of nitrogens with one attached hydrogen (secondary N) is 3. The highest BCUT2D eigenvalue weighted by molar-refractivity contribution is 6.07. The summed E-state index contributed by atoms with van der Waals surface area (Å²) in [4.78, 5) is 40.7. The molecule has 12 nitrogen and oxygen atoms in total. The first-order valence-electron chi connectivity index (χ1n) is 14.0. The van der Waals surface area contributed by atoms with Crippen LogP contribution in [0.2, 0.25) is 0 Å². The number of anilines is 3. The van der Waals surface area contributed by atoms with Gasteiger partial charge < -0.3 is 25.2 Å². The van der Waals surface area contributed by atoms with Crippen molar-refractivity contribution in [1.82, 2.24) is 14.8 Å². The number of rotatable bonds is 9. The number of hydrogen-bond acceptors (Lipinski definition) is 7. The van der Waals surface area contributed by atoms with Crippen molar-refractivity contribution < 1.29 is 29.0 Å². The van der Waals surface area contributed by atoms with Crippen LogP contribution in [0.5, 0.6) is 11.5 Å². The molecule has 45 heavy (non-hydrogen) atoms. The molecule has 0 unspecified atom stereocenters. The van der Waals surface area contributed by atoms with Gasteiger partial charge >= 0.3 is 12.0 Å². The van der Waals surface area contributed by atoms with E-state index in [1.807, 2.05) is 45.0 Å². The SMILES string of the molecule is COCC(=O)Nc1cc(Oc2ccc(NC(=O)Nc3cc(C(C)(C)C)nn3-c3ccc(C(=O)O)cc3)c3ccccc23)ccn1. The first-order chi connectivity index (χ1) is 21.5. The number of carboxylic acid groups (broad SMARTS) is 1. The summed E-state index contributed by atoms with van der Waals surface area (Å²) in [6.45, 7) is 5.94. The Bertz CT molecular complexity index is 1880. The maximum absolute atomic E-state index is 13.3. The second-order valence-corrected chi connectivity index (χ2v) is 11.1. The zero-order valence-electron chi connectivity index (χ0n) is 25.1. The van der Waals surface area contributed by atoms with E-state index < -0.39 is 12.0 Å². The normalized spacial score (nSPS) is 11.2. The Hall–Kier alpha value is -5.75. The van der Waals surface area contributed by atoms with Crippen molar-refractivity contribution in [2.24, 2.45) is 0 Å². The summed E-state index contributed by atoms with van der Waals surface area (Å²) in [7, 11) is 1.43. The van der Waals surface area contributed by atoms with Gasteiger partial charge in [0.1, 0.15) is 29.7 Å². The highest BCUT2D eigenvalue weighted by Crippen LogP contribution is 2.35. The molecule has 0 atom stereocenters. The number of nitrogens with zero attached hydrogens (tertiary/aromatic N) is 3. The second-order valence-electron chi connectivity index (χ2n) is 11.1. The molecule has 230 valence electrons. The van der Waals surface area contributed by atoms with Gasteiger partial charge in [0.2, 0.25) is 0 Å². The van der Waals surface area contributed by atoms with Crippen LogP contribution < -0.4 is 20.7 Å². The summed E-state index contributed by atoms with van der Waals surface area (Å²) < 4.78 is 12.6. The van der Waals surface area contributed by atoms with E-state index >= 15 is 0 Å². The molecule has 12 heteroatoms. The first-order valence-corrected chi connectivity index (χ1v) is 14.0. The molecule has 0 aliphatic carbocycles. The Morgan fingerprint density at radius 1 is 0.889 bits per heavy atom. The second kappa shape index (κ2) is 12.9. The fraction of sp³-hybridized carbons (Fsp3) is 0.182. The molecule has 0 bridgehead atoms. The lowest BCUT2D eigenvalue weighted by molar-refractivity contribution is -0.119. The van der Waals surface area contributed by atoms with Crippen LogP contribution in [-0.2, 0) is 14.9 Å². The standard InChI is InChI=1S/C33H32N6O6/c1-33(2,3)27-18-29(39(38-27)21-11-9-20(10-12-21)31(41)42)37-32(43)35-25-13-14-26(24-8-6-5-7-23(24)25)45-22-15-16-34-28(17-22)36-30(40)19-44-4/h5-18H,19H2,1-4H3,(H,41,42)(H,34,36,40)(H2,35,37,43). The molecule has 0 saturated heterocycles. The smallest absolute Gasteiger partial charge is 0.335 e. The van der Waals surface area contributed by atoms with Crippen molar-refractivity contribution in [3.8, 4) is 17.2 Å². The van der Waals surface area contributed by atoms with E-state index in [4.69, 9.17) is 14.6 Å². The van der Waals surface area contributed by atoms with Gasteiger partial charge in [-0.2, -0.15) is 5.10 Å². The quantitative estimate of drug-likeness (QED) is 0.149. The van der Waals surface area contributed by atoms with E-state index in [2.05, 4.69) is 20.9 Å². The topological polar surface area (TPSA) is 157 Å². The molecule has 3 amide bonds. The van der Waals surface area contributed by atoms with Crippen LogP contribution in [0.3, 0.4) is 0 Å². The van der Waals surface area contributed by atoms with Crippen LogP contribution in [0, 0.1) is 0 Å². The third kappa shape index (κ3) is 7.25. The first kappa shape index (κ1) is 30.7. The molecule has 0 aliphatic heterocycles. The van der Waals surface area contributed by atoms with Crippen molar-refractivity contribution in [3.63, 3.8) is 0 Å². The Balaban J connectivity index is 1.38. The van der Waals surface area contributed by atoms with Crippen molar-refractivity contribution in [2.75, 3.05) is 29.7 Å². The van der Waals surface area contributed by atoms with E-state index in [1.165, 1.54) is 25.4 Å². The minimum atomic E-state index is -1.03. The van der Waals surface area contributed by atoms with Gasteiger partial charge in [0.15, 0.2) is 0 Å². The number of benzene rings is 3. The molecular weight excluding hydrogens is 576 g/mol. The fourth-order valence-corrected chi connectivity index (χ4v) is 4.50. The van der Waals surface area contributed by atoms with E-state index in [-0.39, 0.29) is 23.5 Å². The lowest BCUT2D eigenvalue weighted by Crippen LogP contribution is -2.21. The van der Waals surface area contributed by atoms with E-state index in [0.29, 0.717) is 34.5 Å². The van der Waals surface area contributed by atoms with Crippen LogP contribution in [0.25, 0.3) is 16.5 Å². The van der Waals surface area contributed by atoms with Crippen molar-refractivity contribution in [1.29, 1.82) is 0 Å². The number of fused-ring (bicyclic) bond motifs is 1. The average molecular weight is 609 g/mol. The third-order valence-electron chi connectivity index (χ3n) is 6.71. The maximum Gasteiger partial charge on any atom is 0.335 e. The number of pyridine rings is 1. The highest BCUT2D eigenvalue weighted by atomic mass is 16.5. The summed E-state index contributed by atoms with van der Waals surface area (Å²) in [5, 5.41) is 23.9. The number of carbonyl (C=O) groups is 3. The molecule has 0 radical (unpaired) electrons. The van der Waals surface area contributed by atoms with Crippen LogP contribution in [-0.4, -0.2) is 51.5 Å². The molecule has 4 N–H and O–H groups in total. The van der Waals surface area contributed by atoms with E-state index in [9.17, 15) is 19.5 Å². The lowest BCUT2D eigenvalue weighted by atomic mass is 9.92. The number of amides is 3. The maximum atomic E-state index is 13.3. The van der Waals surface area contributed by atoms with Gasteiger partial charge in [-0.3, -0.25) is 10.1 Å². The Morgan fingerprint density at radius 2 is 1.62 bits per heavy atom. The summed E-state index contributed by atoms with van der Waals surface area (Å²) in [6.07, 6.45) is 1.52. The highest BCUT2D eigenvalue weighted by Gasteiger charge is 2.22. The van der Waals surface area contributed by atoms with Gasteiger partial charge in [-0.1, -0.05) is 45.0 Å². The number of aromatic carboxylic acids is 1. The number of ether oxygens (including phenoxy) is 2. The Kier molecular flexibility index (Phi) is 8.77. The Morgan fingerprint density at radius 3 is 2.31 bits per heavy atom. The summed E-state index contributed by atoms with van der Waals surface area (Å²) in [5.41, 5.74) is 1.72. The monoisotopic (exact) mass is 608 g/mol. The summed E-state index contributed by atoms with van der Waals surface area (Å²) in [5.74, 6) is 0.359. The van der Waals surface area contributed by atoms with Crippen LogP contribution >= 0.6 is 0 Å². The lowest BCUT2D eigenvalue weighted by Gasteiger charge is -2.14. The molecule has 2 heterocycles. The van der Waals surface area contributed by atoms with Gasteiger partial charge in [-0.25, -0.2) is 19.3 Å². The number of methoxy groups -OCH3 is 1. The average Bonchev–Trinajstić information content (AvgIpc) is 3.43. The zero-order chi connectivity index (χ0) is 32.1. The van der Waals surface area contributed by atoms with Gasteiger partial charge in [-0.15, -0.1) is 0 Å². The van der Waals surface area contributed by atoms with Crippen molar-refractivity contribution >= 4 is 46.0 Å². The van der Waals surface area contributed by atoms with Crippen LogP contribution in [0.15, 0.2) is 85.1 Å². The minimum Gasteiger partial charge on any atom is -0.478 e. The van der Waals surface area contributed by atoms with E-state index in [0.717, 1.165) is 16.5 Å². The zero-order valence-corrected chi connectivity index (χ0v) is 25.1. The number of urea groups is 1. The van der Waals surface area contributed by atoms with Crippen molar-refractivity contribution in [3.05, 3.63) is 96.3 Å². The van der Waals surface area contributed by atoms with Crippen LogP contribution in [0.1, 0.15) is 36.8 Å². The summed E-state index contributed by atoms with van der Waals surface area (Å²) >= 11 is 0. The third-order valence-corrected chi connectivity index (χ3v) is 6.71. The molecule has 5 rings (SSSR count). The predicted molar refractivity (Wildman–Crippen MR) is 171 cm³/mol. The molecule has 2 aromatic heterocycles. The van der Waals surface area contributed by atoms with Gasteiger partial charge in [0.05, 0.1) is 22.6 Å². The molecule has 0 aliphatic rings. The molecule has 5 aromatic rings. The predicted octanol–water partition coefficient (Wildman–Crippen LogP) is 6.44. The molecular formula is C33H32N6O6. The number of carbonyl (C=O) groups excluding carboxylic acids is 2. The van der Waals surface area contributed by atoms with E-state index in [1.54, 1.807) is 47.1 Å². The molecule has 3 aromatic carbocycles. The van der Waals surface area contributed by atoms with Crippen LogP contribution in [0.4, 0.5) is 22.1 Å².